The molecule has 130 valence electrons. The molecule has 24 heavy (non-hydrogen) atoms. The van der Waals surface area contributed by atoms with E-state index in [1.807, 2.05) is 32.9 Å². The Kier molecular flexibility index (Phi) is 6.23. The second kappa shape index (κ2) is 7.98. The van der Waals surface area contributed by atoms with Crippen molar-refractivity contribution in [1.82, 2.24) is 9.80 Å². The molecule has 1 aliphatic heterocycles. The van der Waals surface area contributed by atoms with E-state index in [-0.39, 0.29) is 5.91 Å². The Balaban J connectivity index is 2.49. The number of likely N-dealkylation sites (N-methyl/N-ethyl adjacent to an activating group) is 2. The maximum Gasteiger partial charge on any atom is 0.276 e. The van der Waals surface area contributed by atoms with Crippen LogP contribution in [0.5, 0.6) is 11.5 Å². The van der Waals surface area contributed by atoms with Gasteiger partial charge in [-0.25, -0.2) is 0 Å². The van der Waals surface area contributed by atoms with Crippen molar-refractivity contribution in [2.24, 2.45) is 0 Å². The van der Waals surface area contributed by atoms with Crippen LogP contribution in [-0.4, -0.2) is 47.6 Å². The molecule has 2 rings (SSSR count). The summed E-state index contributed by atoms with van der Waals surface area (Å²) in [6, 6.07) is 3.72. The number of carbonyl (C=O) groups excluding carboxylic acids is 1. The molecule has 7 heteroatoms. The molecule has 0 N–H and O–H groups in total. The molecular formula is C17H21BrN2O3S. The quantitative estimate of drug-likeness (QED) is 0.526. The fourth-order valence-corrected chi connectivity index (χ4v) is 3.23. The summed E-state index contributed by atoms with van der Waals surface area (Å²) in [6.45, 7) is 7.37. The largest absolute Gasteiger partial charge is 0.493 e. The van der Waals surface area contributed by atoms with Gasteiger partial charge in [-0.3, -0.25) is 9.69 Å². The van der Waals surface area contributed by atoms with E-state index in [9.17, 15) is 4.79 Å². The third-order valence-corrected chi connectivity index (χ3v) is 4.73. The lowest BCUT2D eigenvalue weighted by atomic mass is 10.1. The normalized spacial score (nSPS) is 16.3. The van der Waals surface area contributed by atoms with Crippen molar-refractivity contribution in [3.8, 4) is 11.5 Å². The van der Waals surface area contributed by atoms with Crippen molar-refractivity contribution in [2.45, 2.75) is 20.8 Å². The lowest BCUT2D eigenvalue weighted by molar-refractivity contribution is -0.122. The third-order valence-electron chi connectivity index (χ3n) is 3.62. The molecule has 0 spiro atoms. The summed E-state index contributed by atoms with van der Waals surface area (Å²) in [5.74, 6) is 1.27. The molecule has 1 aromatic rings. The van der Waals surface area contributed by atoms with Gasteiger partial charge in [-0.15, -0.1) is 0 Å². The minimum atomic E-state index is -0.0996. The zero-order chi connectivity index (χ0) is 17.9. The van der Waals surface area contributed by atoms with Crippen LogP contribution in [0.15, 0.2) is 22.3 Å². The zero-order valence-corrected chi connectivity index (χ0v) is 16.7. The first-order chi connectivity index (χ1) is 11.4. The molecular weight excluding hydrogens is 392 g/mol. The van der Waals surface area contributed by atoms with Crippen molar-refractivity contribution in [2.75, 3.05) is 26.8 Å². The second-order valence-corrected chi connectivity index (χ2v) is 6.33. The Hall–Kier alpha value is -1.60. The average molecular weight is 413 g/mol. The van der Waals surface area contributed by atoms with Gasteiger partial charge in [0.15, 0.2) is 5.11 Å². The predicted molar refractivity (Wildman–Crippen MR) is 102 cm³/mol. The Morgan fingerprint density at radius 3 is 2.33 bits per heavy atom. The van der Waals surface area contributed by atoms with Gasteiger partial charge in [0.25, 0.3) is 5.91 Å². The zero-order valence-electron chi connectivity index (χ0n) is 14.3. The molecule has 0 atom stereocenters. The number of hydrogen-bond donors (Lipinski definition) is 0. The summed E-state index contributed by atoms with van der Waals surface area (Å²) in [4.78, 5) is 15.8. The number of rotatable bonds is 6. The molecule has 0 aliphatic carbocycles. The van der Waals surface area contributed by atoms with Gasteiger partial charge in [0.2, 0.25) is 0 Å². The van der Waals surface area contributed by atoms with Gasteiger partial charge in [0.1, 0.15) is 17.2 Å². The van der Waals surface area contributed by atoms with E-state index >= 15 is 0 Å². The summed E-state index contributed by atoms with van der Waals surface area (Å²) in [7, 11) is 1.80. The van der Waals surface area contributed by atoms with Crippen molar-refractivity contribution in [3.63, 3.8) is 0 Å². The molecule has 1 fully saturated rings. The first-order valence-electron chi connectivity index (χ1n) is 7.84. The highest BCUT2D eigenvalue weighted by molar-refractivity contribution is 9.10. The van der Waals surface area contributed by atoms with Crippen LogP contribution in [-0.2, 0) is 4.79 Å². The Morgan fingerprint density at radius 2 is 1.79 bits per heavy atom. The number of ether oxygens (including phenoxy) is 2. The lowest BCUT2D eigenvalue weighted by Crippen LogP contribution is -2.30. The number of halogens is 1. The number of amides is 1. The molecule has 1 heterocycles. The number of nitrogens with zero attached hydrogens (tertiary/aromatic N) is 2. The molecule has 0 saturated carbocycles. The van der Waals surface area contributed by atoms with Crippen molar-refractivity contribution in [1.29, 1.82) is 0 Å². The van der Waals surface area contributed by atoms with Gasteiger partial charge >= 0.3 is 0 Å². The van der Waals surface area contributed by atoms with Crippen LogP contribution in [0.4, 0.5) is 0 Å². The highest BCUT2D eigenvalue weighted by atomic mass is 79.9. The minimum absolute atomic E-state index is 0.0996. The number of hydrogen-bond acceptors (Lipinski definition) is 4. The molecule has 0 unspecified atom stereocenters. The smallest absolute Gasteiger partial charge is 0.276 e. The summed E-state index contributed by atoms with van der Waals surface area (Å²) >= 11 is 8.83. The molecule has 0 aromatic heterocycles. The predicted octanol–water partition coefficient (Wildman–Crippen LogP) is 3.67. The lowest BCUT2D eigenvalue weighted by Gasteiger charge is -2.14. The van der Waals surface area contributed by atoms with Crippen LogP contribution in [0.3, 0.4) is 0 Å². The molecule has 0 bridgehead atoms. The van der Waals surface area contributed by atoms with E-state index in [4.69, 9.17) is 21.7 Å². The third kappa shape index (κ3) is 3.57. The molecule has 1 amide bonds. The van der Waals surface area contributed by atoms with Crippen molar-refractivity contribution < 1.29 is 14.3 Å². The van der Waals surface area contributed by atoms with Crippen LogP contribution >= 0.6 is 28.1 Å². The van der Waals surface area contributed by atoms with Gasteiger partial charge in [0, 0.05) is 25.2 Å². The van der Waals surface area contributed by atoms with Gasteiger partial charge in [0.05, 0.1) is 17.7 Å². The van der Waals surface area contributed by atoms with Gasteiger partial charge in [-0.05, 0) is 61.1 Å². The van der Waals surface area contributed by atoms with E-state index in [1.165, 1.54) is 0 Å². The van der Waals surface area contributed by atoms with E-state index < -0.39 is 0 Å². The first kappa shape index (κ1) is 18.7. The average Bonchev–Trinajstić information content (AvgIpc) is 2.75. The van der Waals surface area contributed by atoms with Gasteiger partial charge < -0.3 is 14.4 Å². The fourth-order valence-electron chi connectivity index (χ4n) is 2.45. The maximum atomic E-state index is 12.5. The Labute approximate surface area is 156 Å². The maximum absolute atomic E-state index is 12.5. The molecule has 1 aromatic carbocycles. The van der Waals surface area contributed by atoms with Crippen molar-refractivity contribution >= 4 is 45.2 Å². The highest BCUT2D eigenvalue weighted by Crippen LogP contribution is 2.35. The summed E-state index contributed by atoms with van der Waals surface area (Å²) in [5.41, 5.74) is 1.32. The van der Waals surface area contributed by atoms with Gasteiger partial charge in [-0.1, -0.05) is 0 Å². The van der Waals surface area contributed by atoms with Crippen LogP contribution in [0, 0.1) is 0 Å². The van der Waals surface area contributed by atoms with E-state index in [1.54, 1.807) is 22.9 Å². The van der Waals surface area contributed by atoms with E-state index in [2.05, 4.69) is 15.9 Å². The van der Waals surface area contributed by atoms with Crippen LogP contribution in [0.1, 0.15) is 26.3 Å². The summed E-state index contributed by atoms with van der Waals surface area (Å²) in [5, 5.41) is 0.511. The molecule has 0 radical (unpaired) electrons. The highest BCUT2D eigenvalue weighted by Gasteiger charge is 2.34. The van der Waals surface area contributed by atoms with E-state index in [0.717, 1.165) is 10.0 Å². The standard InChI is InChI=1S/C17H21BrN2O3S/c1-5-20-16(21)13(19(4)17(20)24)9-11-8-12(18)15(23-7-3)10-14(11)22-6-2/h8-10H,5-7H2,1-4H3. The second-order valence-electron chi connectivity index (χ2n) is 5.11. The molecule has 5 nitrogen and oxygen atoms in total. The minimum Gasteiger partial charge on any atom is -0.493 e. The fraction of sp³-hybridized carbons (Fsp3) is 0.412. The molecule has 1 aliphatic rings. The monoisotopic (exact) mass is 412 g/mol. The topological polar surface area (TPSA) is 42.0 Å². The number of carbonyl (C=O) groups is 1. The van der Waals surface area contributed by atoms with E-state index in [0.29, 0.717) is 42.1 Å². The number of thiocarbonyl (C=S) groups is 1. The van der Waals surface area contributed by atoms with Crippen LogP contribution in [0.25, 0.3) is 6.08 Å². The van der Waals surface area contributed by atoms with Crippen LogP contribution in [0.2, 0.25) is 0 Å². The van der Waals surface area contributed by atoms with Crippen LogP contribution < -0.4 is 9.47 Å². The van der Waals surface area contributed by atoms with Crippen molar-refractivity contribution in [3.05, 3.63) is 27.9 Å². The molecule has 1 saturated heterocycles. The number of benzene rings is 1. The van der Waals surface area contributed by atoms with Gasteiger partial charge in [-0.2, -0.15) is 0 Å². The summed E-state index contributed by atoms with van der Waals surface area (Å²) in [6.07, 6.45) is 1.80. The Morgan fingerprint density at radius 1 is 1.17 bits per heavy atom. The summed E-state index contributed by atoms with van der Waals surface area (Å²) < 4.78 is 12.1. The SMILES string of the molecule is CCOc1cc(OCC)c(C=C2C(=O)N(CC)C(=S)N2C)cc1Br. The first-order valence-corrected chi connectivity index (χ1v) is 9.05. The Bertz CT molecular complexity index is 691.